The van der Waals surface area contributed by atoms with Crippen molar-refractivity contribution in [1.82, 2.24) is 4.98 Å². The van der Waals surface area contributed by atoms with Crippen molar-refractivity contribution in [3.8, 4) is 0 Å². The van der Waals surface area contributed by atoms with E-state index in [0.29, 0.717) is 17.2 Å². The molecule has 7 heteroatoms. The lowest BCUT2D eigenvalue weighted by atomic mass is 10.3. The van der Waals surface area contributed by atoms with Crippen LogP contribution >= 0.6 is 11.8 Å². The Morgan fingerprint density at radius 1 is 1.44 bits per heavy atom. The number of pyridine rings is 1. The van der Waals surface area contributed by atoms with Gasteiger partial charge in [0.2, 0.25) is 0 Å². The molecule has 0 saturated heterocycles. The van der Waals surface area contributed by atoms with Crippen molar-refractivity contribution >= 4 is 17.6 Å². The van der Waals surface area contributed by atoms with Gasteiger partial charge >= 0.3 is 6.18 Å². The van der Waals surface area contributed by atoms with Crippen LogP contribution in [0.3, 0.4) is 0 Å². The van der Waals surface area contributed by atoms with Crippen LogP contribution in [0.2, 0.25) is 0 Å². The SMILES string of the molecule is N=C(N)CCSc1ccc(C(F)(F)F)cn1. The van der Waals surface area contributed by atoms with Crippen molar-refractivity contribution in [2.75, 3.05) is 5.75 Å². The highest BCUT2D eigenvalue weighted by molar-refractivity contribution is 7.99. The van der Waals surface area contributed by atoms with Crippen LogP contribution in [0.1, 0.15) is 12.0 Å². The summed E-state index contributed by atoms with van der Waals surface area (Å²) in [4.78, 5) is 3.67. The summed E-state index contributed by atoms with van der Waals surface area (Å²) in [6, 6.07) is 2.30. The molecule has 3 N–H and O–H groups in total. The van der Waals surface area contributed by atoms with Crippen LogP contribution in [-0.4, -0.2) is 16.6 Å². The molecule has 16 heavy (non-hydrogen) atoms. The molecule has 0 aliphatic heterocycles. The summed E-state index contributed by atoms with van der Waals surface area (Å²) in [7, 11) is 0. The number of hydrogen-bond acceptors (Lipinski definition) is 3. The van der Waals surface area contributed by atoms with Gasteiger partial charge < -0.3 is 5.73 Å². The van der Waals surface area contributed by atoms with Crippen LogP contribution in [0.25, 0.3) is 0 Å². The molecule has 88 valence electrons. The van der Waals surface area contributed by atoms with E-state index in [2.05, 4.69) is 4.98 Å². The Balaban J connectivity index is 2.55. The van der Waals surface area contributed by atoms with E-state index in [1.165, 1.54) is 17.8 Å². The first-order valence-electron chi connectivity index (χ1n) is 4.38. The first-order chi connectivity index (χ1) is 7.39. The van der Waals surface area contributed by atoms with E-state index in [-0.39, 0.29) is 5.84 Å². The quantitative estimate of drug-likeness (QED) is 0.489. The molecule has 0 atom stereocenters. The second-order valence-corrected chi connectivity index (χ2v) is 4.12. The summed E-state index contributed by atoms with van der Waals surface area (Å²) in [5.74, 6) is 0.590. The normalized spacial score (nSPS) is 11.4. The fourth-order valence-electron chi connectivity index (χ4n) is 0.899. The number of alkyl halides is 3. The molecular formula is C9H10F3N3S. The average Bonchev–Trinajstić information content (AvgIpc) is 2.16. The molecule has 0 saturated carbocycles. The lowest BCUT2D eigenvalue weighted by Gasteiger charge is -2.06. The van der Waals surface area contributed by atoms with Crippen molar-refractivity contribution in [2.45, 2.75) is 17.6 Å². The molecule has 0 spiro atoms. The second-order valence-electron chi connectivity index (χ2n) is 3.01. The lowest BCUT2D eigenvalue weighted by Crippen LogP contribution is -2.10. The Labute approximate surface area is 94.8 Å². The van der Waals surface area contributed by atoms with E-state index in [9.17, 15) is 13.2 Å². The molecule has 0 aliphatic rings. The number of hydrogen-bond donors (Lipinski definition) is 2. The average molecular weight is 249 g/mol. The van der Waals surface area contributed by atoms with E-state index in [1.807, 2.05) is 0 Å². The van der Waals surface area contributed by atoms with Gasteiger partial charge in [0, 0.05) is 18.4 Å². The first-order valence-corrected chi connectivity index (χ1v) is 5.37. The van der Waals surface area contributed by atoms with Gasteiger partial charge in [-0.3, -0.25) is 5.41 Å². The largest absolute Gasteiger partial charge is 0.417 e. The monoisotopic (exact) mass is 249 g/mol. The smallest absolute Gasteiger partial charge is 0.388 e. The minimum absolute atomic E-state index is 0.0550. The van der Waals surface area contributed by atoms with Gasteiger partial charge in [0.05, 0.1) is 16.4 Å². The summed E-state index contributed by atoms with van der Waals surface area (Å²) in [5, 5.41) is 7.47. The molecule has 3 nitrogen and oxygen atoms in total. The van der Waals surface area contributed by atoms with Crippen molar-refractivity contribution in [3.63, 3.8) is 0 Å². The van der Waals surface area contributed by atoms with E-state index in [1.54, 1.807) is 0 Å². The number of rotatable bonds is 4. The molecule has 1 aromatic heterocycles. The number of halogens is 3. The zero-order valence-electron chi connectivity index (χ0n) is 8.21. The van der Waals surface area contributed by atoms with Crippen LogP contribution in [0.15, 0.2) is 23.4 Å². The Morgan fingerprint density at radius 3 is 2.56 bits per heavy atom. The van der Waals surface area contributed by atoms with Crippen molar-refractivity contribution in [3.05, 3.63) is 23.9 Å². The number of nitrogens with zero attached hydrogens (tertiary/aromatic N) is 1. The standard InChI is InChI=1S/C9H10F3N3S/c10-9(11,12)6-1-2-8(15-5-6)16-4-3-7(13)14/h1-2,5H,3-4H2,(H3,13,14). The van der Waals surface area contributed by atoms with Gasteiger partial charge in [0.1, 0.15) is 0 Å². The Kier molecular flexibility index (Phi) is 4.17. The van der Waals surface area contributed by atoms with Gasteiger partial charge in [0.15, 0.2) is 0 Å². The number of amidine groups is 1. The second kappa shape index (κ2) is 5.20. The molecule has 0 bridgehead atoms. The van der Waals surface area contributed by atoms with Gasteiger partial charge in [0.25, 0.3) is 0 Å². The number of thioether (sulfide) groups is 1. The molecule has 0 radical (unpaired) electrons. The van der Waals surface area contributed by atoms with Crippen LogP contribution < -0.4 is 5.73 Å². The number of aromatic nitrogens is 1. The first kappa shape index (κ1) is 12.8. The maximum atomic E-state index is 12.2. The van der Waals surface area contributed by atoms with Gasteiger partial charge in [-0.05, 0) is 12.1 Å². The summed E-state index contributed by atoms with van der Waals surface area (Å²) >= 11 is 1.27. The predicted octanol–water partition coefficient (Wildman–Crippen LogP) is 2.52. The van der Waals surface area contributed by atoms with E-state index >= 15 is 0 Å². The molecule has 0 aliphatic carbocycles. The van der Waals surface area contributed by atoms with E-state index < -0.39 is 11.7 Å². The molecule has 1 rings (SSSR count). The minimum Gasteiger partial charge on any atom is -0.388 e. The lowest BCUT2D eigenvalue weighted by molar-refractivity contribution is -0.137. The van der Waals surface area contributed by atoms with Gasteiger partial charge in [-0.1, -0.05) is 0 Å². The van der Waals surface area contributed by atoms with Crippen molar-refractivity contribution in [2.24, 2.45) is 5.73 Å². The summed E-state index contributed by atoms with van der Waals surface area (Å²) < 4.78 is 36.6. The van der Waals surface area contributed by atoms with Gasteiger partial charge in [-0.2, -0.15) is 13.2 Å². The fourth-order valence-corrected chi connectivity index (χ4v) is 1.72. The van der Waals surface area contributed by atoms with Crippen LogP contribution in [0.4, 0.5) is 13.2 Å². The summed E-state index contributed by atoms with van der Waals surface area (Å²) in [6.45, 7) is 0. The zero-order chi connectivity index (χ0) is 12.2. The highest BCUT2D eigenvalue weighted by atomic mass is 32.2. The summed E-state index contributed by atoms with van der Waals surface area (Å²) in [6.07, 6.45) is -3.15. The zero-order valence-corrected chi connectivity index (χ0v) is 9.03. The molecule has 1 heterocycles. The van der Waals surface area contributed by atoms with Gasteiger partial charge in [-0.25, -0.2) is 4.98 Å². The molecule has 0 aromatic carbocycles. The molecular weight excluding hydrogens is 239 g/mol. The third-order valence-corrected chi connectivity index (χ3v) is 2.63. The highest BCUT2D eigenvalue weighted by Crippen LogP contribution is 2.29. The third kappa shape index (κ3) is 4.09. The van der Waals surface area contributed by atoms with E-state index in [0.717, 1.165) is 12.3 Å². The minimum atomic E-state index is -4.35. The Morgan fingerprint density at radius 2 is 2.12 bits per heavy atom. The predicted molar refractivity (Wildman–Crippen MR) is 56.5 cm³/mol. The molecule has 0 amide bonds. The maximum absolute atomic E-state index is 12.2. The highest BCUT2D eigenvalue weighted by Gasteiger charge is 2.30. The van der Waals surface area contributed by atoms with Crippen LogP contribution in [-0.2, 0) is 6.18 Å². The maximum Gasteiger partial charge on any atom is 0.417 e. The molecule has 0 unspecified atom stereocenters. The van der Waals surface area contributed by atoms with E-state index in [4.69, 9.17) is 11.1 Å². The van der Waals surface area contributed by atoms with Crippen LogP contribution in [0, 0.1) is 5.41 Å². The number of nitrogens with one attached hydrogen (secondary N) is 1. The van der Waals surface area contributed by atoms with Crippen LogP contribution in [0.5, 0.6) is 0 Å². The topological polar surface area (TPSA) is 62.8 Å². The summed E-state index contributed by atoms with van der Waals surface area (Å²) in [5.41, 5.74) is 4.38. The fraction of sp³-hybridized carbons (Fsp3) is 0.333. The van der Waals surface area contributed by atoms with Crippen molar-refractivity contribution in [1.29, 1.82) is 5.41 Å². The third-order valence-electron chi connectivity index (χ3n) is 1.69. The number of nitrogens with two attached hydrogens (primary N) is 1. The molecule has 0 fully saturated rings. The van der Waals surface area contributed by atoms with Crippen molar-refractivity contribution < 1.29 is 13.2 Å². The Hall–Kier alpha value is -1.24. The molecule has 1 aromatic rings. The Bertz CT molecular complexity index is 361. The van der Waals surface area contributed by atoms with Gasteiger partial charge in [-0.15, -0.1) is 11.8 Å².